The zero-order valence-corrected chi connectivity index (χ0v) is 15.1. The summed E-state index contributed by atoms with van der Waals surface area (Å²) in [5.74, 6) is 0. The summed E-state index contributed by atoms with van der Waals surface area (Å²) < 4.78 is 28.5. The van der Waals surface area contributed by atoms with Gasteiger partial charge in [-0.3, -0.25) is 0 Å². The van der Waals surface area contributed by atoms with Crippen LogP contribution in [0.3, 0.4) is 0 Å². The number of rotatable bonds is 6. The van der Waals surface area contributed by atoms with E-state index in [0.29, 0.717) is 17.3 Å². The maximum Gasteiger partial charge on any atom is 0.250 e. The lowest BCUT2D eigenvalue weighted by atomic mass is 10.3. The minimum absolute atomic E-state index is 0.304. The Labute approximate surface area is 135 Å². The predicted molar refractivity (Wildman–Crippen MR) is 87.9 cm³/mol. The highest BCUT2D eigenvalue weighted by Gasteiger charge is 2.19. The molecule has 2 aromatic rings. The summed E-state index contributed by atoms with van der Waals surface area (Å²) in [5.41, 5.74) is 1.00. The highest BCUT2D eigenvalue weighted by atomic mass is 79.9. The Kier molecular flexibility index (Phi) is 5.38. The minimum Gasteiger partial charge on any atom is -0.315 e. The highest BCUT2D eigenvalue weighted by Crippen LogP contribution is 2.27. The number of halogens is 1. The van der Waals surface area contributed by atoms with Crippen molar-refractivity contribution in [1.29, 1.82) is 0 Å². The van der Waals surface area contributed by atoms with Crippen molar-refractivity contribution in [3.63, 3.8) is 0 Å². The topological polar surface area (TPSA) is 58.2 Å². The molecule has 2 aromatic heterocycles. The number of nitrogens with one attached hydrogen (secondary N) is 2. The van der Waals surface area contributed by atoms with E-state index in [2.05, 4.69) is 26.0 Å². The number of thiophene rings is 2. The molecule has 0 saturated carbocycles. The fourth-order valence-electron chi connectivity index (χ4n) is 1.64. The predicted octanol–water partition coefficient (Wildman–Crippen LogP) is 3.08. The summed E-state index contributed by atoms with van der Waals surface area (Å²) in [6.45, 7) is 2.92. The fourth-order valence-corrected chi connectivity index (χ4v) is 5.80. The zero-order chi connectivity index (χ0) is 14.8. The van der Waals surface area contributed by atoms with Crippen molar-refractivity contribution in [3.05, 3.63) is 37.3 Å². The van der Waals surface area contributed by atoms with E-state index in [0.717, 1.165) is 19.8 Å². The lowest BCUT2D eigenvalue weighted by molar-refractivity contribution is 0.584. The van der Waals surface area contributed by atoms with E-state index in [1.54, 1.807) is 6.07 Å². The molecule has 2 heterocycles. The van der Waals surface area contributed by atoms with Crippen molar-refractivity contribution in [1.82, 2.24) is 10.0 Å². The summed E-state index contributed by atoms with van der Waals surface area (Å²) in [7, 11) is -1.60. The second-order valence-corrected chi connectivity index (χ2v) is 9.20. The normalized spacial score (nSPS) is 11.9. The second kappa shape index (κ2) is 6.67. The number of aryl methyl sites for hydroxylation is 1. The second-order valence-electron chi connectivity index (χ2n) is 4.22. The van der Waals surface area contributed by atoms with Crippen molar-refractivity contribution in [3.8, 4) is 0 Å². The van der Waals surface area contributed by atoms with Crippen LogP contribution in [-0.2, 0) is 23.1 Å². The summed E-state index contributed by atoms with van der Waals surface area (Å²) in [5, 5.41) is 4.97. The van der Waals surface area contributed by atoms with Gasteiger partial charge in [-0.05, 0) is 53.0 Å². The van der Waals surface area contributed by atoms with Crippen LogP contribution in [0.1, 0.15) is 15.3 Å². The van der Waals surface area contributed by atoms with E-state index >= 15 is 0 Å². The van der Waals surface area contributed by atoms with Crippen molar-refractivity contribution >= 4 is 48.6 Å². The number of hydrogen-bond acceptors (Lipinski definition) is 5. The van der Waals surface area contributed by atoms with Gasteiger partial charge in [-0.1, -0.05) is 0 Å². The molecule has 0 aliphatic rings. The maximum atomic E-state index is 12.3. The van der Waals surface area contributed by atoms with Crippen LogP contribution < -0.4 is 10.0 Å². The van der Waals surface area contributed by atoms with E-state index in [1.807, 2.05) is 25.4 Å². The number of hydrogen-bond donors (Lipinski definition) is 2. The third kappa shape index (κ3) is 3.69. The van der Waals surface area contributed by atoms with Gasteiger partial charge in [0.05, 0.1) is 0 Å². The van der Waals surface area contributed by atoms with Gasteiger partial charge in [0.1, 0.15) is 4.21 Å². The van der Waals surface area contributed by atoms with Gasteiger partial charge in [-0.15, -0.1) is 22.7 Å². The first kappa shape index (κ1) is 16.1. The highest BCUT2D eigenvalue weighted by molar-refractivity contribution is 9.10. The van der Waals surface area contributed by atoms with Gasteiger partial charge in [0.25, 0.3) is 0 Å². The van der Waals surface area contributed by atoms with E-state index in [4.69, 9.17) is 0 Å². The molecule has 4 nitrogen and oxygen atoms in total. The van der Waals surface area contributed by atoms with Crippen molar-refractivity contribution in [2.24, 2.45) is 0 Å². The molecular formula is C12H15BrN2O2S3. The molecule has 2 rings (SSSR count). The van der Waals surface area contributed by atoms with E-state index in [1.165, 1.54) is 22.7 Å². The molecule has 0 atom stereocenters. The molecule has 0 radical (unpaired) electrons. The Bertz CT molecular complexity index is 691. The zero-order valence-electron chi connectivity index (χ0n) is 11.1. The smallest absolute Gasteiger partial charge is 0.250 e. The first-order valence-electron chi connectivity index (χ1n) is 5.89. The van der Waals surface area contributed by atoms with Gasteiger partial charge < -0.3 is 5.32 Å². The van der Waals surface area contributed by atoms with Crippen LogP contribution in [0.15, 0.2) is 26.2 Å². The van der Waals surface area contributed by atoms with E-state index in [-0.39, 0.29) is 0 Å². The van der Waals surface area contributed by atoms with Gasteiger partial charge in [-0.2, -0.15) is 0 Å². The Hall–Kier alpha value is -0.250. The molecule has 0 spiro atoms. The molecule has 0 amide bonds. The van der Waals surface area contributed by atoms with Crippen molar-refractivity contribution < 1.29 is 8.42 Å². The first-order chi connectivity index (χ1) is 9.44. The lowest BCUT2D eigenvalue weighted by Crippen LogP contribution is -2.22. The number of sulfonamides is 1. The van der Waals surface area contributed by atoms with Crippen LogP contribution in [0.5, 0.6) is 0 Å². The quantitative estimate of drug-likeness (QED) is 0.791. The van der Waals surface area contributed by atoms with Crippen molar-refractivity contribution in [2.75, 3.05) is 7.05 Å². The monoisotopic (exact) mass is 394 g/mol. The third-order valence-electron chi connectivity index (χ3n) is 2.71. The van der Waals surface area contributed by atoms with Gasteiger partial charge >= 0.3 is 0 Å². The molecule has 110 valence electrons. The Morgan fingerprint density at radius 1 is 1.30 bits per heavy atom. The molecule has 0 fully saturated rings. The molecule has 8 heteroatoms. The van der Waals surface area contributed by atoms with Crippen molar-refractivity contribution in [2.45, 2.75) is 24.2 Å². The summed E-state index contributed by atoms with van der Waals surface area (Å²) in [4.78, 5) is 2.02. The van der Waals surface area contributed by atoms with Crippen LogP contribution >= 0.6 is 38.6 Å². The third-order valence-corrected chi connectivity index (χ3v) is 7.75. The van der Waals surface area contributed by atoms with Crippen LogP contribution in [-0.4, -0.2) is 15.5 Å². The molecule has 0 saturated heterocycles. The molecule has 0 aromatic carbocycles. The standard InChI is InChI=1S/C12H15BrN2O2S3/c1-8-5-12(19-10(8)6-14-2)20(16,17)15-7-11-9(13)3-4-18-11/h3-5,14-15H,6-7H2,1-2H3. The average molecular weight is 395 g/mol. The van der Waals surface area contributed by atoms with E-state index in [9.17, 15) is 8.42 Å². The molecule has 0 unspecified atom stereocenters. The maximum absolute atomic E-state index is 12.3. The molecular weight excluding hydrogens is 380 g/mol. The Morgan fingerprint density at radius 3 is 2.65 bits per heavy atom. The van der Waals surface area contributed by atoms with Crippen LogP contribution in [0.4, 0.5) is 0 Å². The Morgan fingerprint density at radius 2 is 2.05 bits per heavy atom. The van der Waals surface area contributed by atoms with Gasteiger partial charge in [0.15, 0.2) is 0 Å². The minimum atomic E-state index is -3.45. The van der Waals surface area contributed by atoms with Crippen LogP contribution in [0.25, 0.3) is 0 Å². The molecule has 0 bridgehead atoms. The SMILES string of the molecule is CNCc1sc(S(=O)(=O)NCc2sccc2Br)cc1C. The largest absolute Gasteiger partial charge is 0.315 e. The summed E-state index contributed by atoms with van der Waals surface area (Å²) in [6.07, 6.45) is 0. The molecule has 20 heavy (non-hydrogen) atoms. The average Bonchev–Trinajstić information content (AvgIpc) is 2.95. The summed E-state index contributed by atoms with van der Waals surface area (Å²) >= 11 is 6.23. The molecule has 2 N–H and O–H groups in total. The first-order valence-corrected chi connectivity index (χ1v) is 9.86. The Balaban J connectivity index is 2.14. The van der Waals surface area contributed by atoms with E-state index < -0.39 is 10.0 Å². The molecule has 0 aliphatic heterocycles. The molecule has 0 aliphatic carbocycles. The fraction of sp³-hybridized carbons (Fsp3) is 0.333. The van der Waals surface area contributed by atoms with Gasteiger partial charge in [0.2, 0.25) is 10.0 Å². The lowest BCUT2D eigenvalue weighted by Gasteiger charge is -2.03. The van der Waals surface area contributed by atoms with Crippen LogP contribution in [0.2, 0.25) is 0 Å². The van der Waals surface area contributed by atoms with Gasteiger partial charge in [-0.25, -0.2) is 13.1 Å². The summed E-state index contributed by atoms with van der Waals surface area (Å²) in [6, 6.07) is 3.64. The van der Waals surface area contributed by atoms with Crippen LogP contribution in [0, 0.1) is 6.92 Å². The van der Waals surface area contributed by atoms with Gasteiger partial charge in [0, 0.05) is 27.3 Å².